The lowest BCUT2D eigenvalue weighted by Gasteiger charge is -2.23. The lowest BCUT2D eigenvalue weighted by Crippen LogP contribution is -2.22. The monoisotopic (exact) mass is 153 g/mol. The van der Waals surface area contributed by atoms with Gasteiger partial charge in [0.05, 0.1) is 0 Å². The molecular weight excluding hydrogens is 138 g/mol. The summed E-state index contributed by atoms with van der Waals surface area (Å²) in [5.41, 5.74) is 1.35. The average Bonchev–Trinajstić information content (AvgIpc) is 1.94. The van der Waals surface area contributed by atoms with Crippen LogP contribution < -0.4 is 5.32 Å². The van der Waals surface area contributed by atoms with Crippen LogP contribution in [0.3, 0.4) is 0 Å². The van der Waals surface area contributed by atoms with Crippen molar-refractivity contribution in [2.24, 2.45) is 5.41 Å². The standard InChI is InChI=1S/C9H15NO/c1-7-6-8(11)10-5-4-9(7,2)3/h6H,4-5H2,1-3H3,(H,10,11). The number of rotatable bonds is 0. The van der Waals surface area contributed by atoms with Gasteiger partial charge in [0.2, 0.25) is 5.91 Å². The van der Waals surface area contributed by atoms with Crippen LogP contribution in [-0.2, 0) is 4.79 Å². The lowest BCUT2D eigenvalue weighted by molar-refractivity contribution is -0.116. The van der Waals surface area contributed by atoms with Gasteiger partial charge in [0.25, 0.3) is 0 Å². The number of nitrogens with one attached hydrogen (secondary N) is 1. The molecule has 0 aromatic rings. The highest BCUT2D eigenvalue weighted by atomic mass is 16.1. The second-order valence-corrected chi connectivity index (χ2v) is 3.75. The second-order valence-electron chi connectivity index (χ2n) is 3.75. The molecular formula is C9H15NO. The molecule has 0 radical (unpaired) electrons. The first-order valence-electron chi connectivity index (χ1n) is 3.99. The molecule has 1 N–H and O–H groups in total. The van der Waals surface area contributed by atoms with Gasteiger partial charge in [-0.15, -0.1) is 0 Å². The molecule has 2 heteroatoms. The highest BCUT2D eigenvalue weighted by Gasteiger charge is 2.22. The molecule has 0 aliphatic carbocycles. The molecule has 0 aromatic heterocycles. The first-order chi connectivity index (χ1) is 5.02. The Morgan fingerprint density at radius 2 is 2.18 bits per heavy atom. The molecule has 1 aliphatic heterocycles. The zero-order valence-electron chi connectivity index (χ0n) is 7.40. The molecule has 1 amide bonds. The van der Waals surface area contributed by atoms with Gasteiger partial charge in [0.15, 0.2) is 0 Å². The normalized spacial score (nSPS) is 23.5. The maximum absolute atomic E-state index is 11.0. The van der Waals surface area contributed by atoms with Gasteiger partial charge in [-0.1, -0.05) is 19.4 Å². The first-order valence-corrected chi connectivity index (χ1v) is 3.99. The van der Waals surface area contributed by atoms with Crippen LogP contribution in [0.15, 0.2) is 11.6 Å². The van der Waals surface area contributed by atoms with Gasteiger partial charge in [-0.25, -0.2) is 0 Å². The SMILES string of the molecule is CC1=CC(=O)NCCC1(C)C. The Hall–Kier alpha value is -0.790. The summed E-state index contributed by atoms with van der Waals surface area (Å²) >= 11 is 0. The minimum absolute atomic E-state index is 0.0491. The van der Waals surface area contributed by atoms with E-state index in [-0.39, 0.29) is 11.3 Å². The third-order valence-electron chi connectivity index (χ3n) is 2.46. The van der Waals surface area contributed by atoms with Crippen molar-refractivity contribution in [1.29, 1.82) is 0 Å². The smallest absolute Gasteiger partial charge is 0.243 e. The second kappa shape index (κ2) is 2.68. The summed E-state index contributed by atoms with van der Waals surface area (Å²) in [4.78, 5) is 11.0. The van der Waals surface area contributed by atoms with Gasteiger partial charge in [-0.05, 0) is 18.8 Å². The Labute approximate surface area is 67.7 Å². The third-order valence-corrected chi connectivity index (χ3v) is 2.46. The van der Waals surface area contributed by atoms with Crippen molar-refractivity contribution in [2.45, 2.75) is 27.2 Å². The minimum Gasteiger partial charge on any atom is -0.353 e. The summed E-state index contributed by atoms with van der Waals surface area (Å²) in [6.07, 6.45) is 2.73. The van der Waals surface area contributed by atoms with Crippen molar-refractivity contribution in [3.05, 3.63) is 11.6 Å². The molecule has 62 valence electrons. The molecule has 2 nitrogen and oxygen atoms in total. The molecule has 0 aromatic carbocycles. The number of hydrogen-bond donors (Lipinski definition) is 1. The van der Waals surface area contributed by atoms with Gasteiger partial charge < -0.3 is 5.32 Å². The van der Waals surface area contributed by atoms with Gasteiger partial charge >= 0.3 is 0 Å². The Kier molecular flexibility index (Phi) is 2.03. The molecule has 0 bridgehead atoms. The van der Waals surface area contributed by atoms with Crippen molar-refractivity contribution >= 4 is 5.91 Å². The molecule has 1 rings (SSSR count). The predicted octanol–water partition coefficient (Wildman–Crippen LogP) is 1.48. The van der Waals surface area contributed by atoms with Crippen molar-refractivity contribution in [1.82, 2.24) is 5.32 Å². The number of carbonyl (C=O) groups excluding carboxylic acids is 1. The number of allylic oxidation sites excluding steroid dienone is 1. The molecule has 0 fully saturated rings. The molecule has 1 aliphatic rings. The van der Waals surface area contributed by atoms with Crippen LogP contribution in [0, 0.1) is 5.41 Å². The topological polar surface area (TPSA) is 29.1 Å². The Bertz CT molecular complexity index is 204. The third kappa shape index (κ3) is 1.82. The maximum atomic E-state index is 11.0. The van der Waals surface area contributed by atoms with E-state index in [1.54, 1.807) is 6.08 Å². The number of carbonyl (C=O) groups is 1. The van der Waals surface area contributed by atoms with E-state index in [9.17, 15) is 4.79 Å². The van der Waals surface area contributed by atoms with Crippen molar-refractivity contribution < 1.29 is 4.79 Å². The van der Waals surface area contributed by atoms with Gasteiger partial charge in [0, 0.05) is 12.6 Å². The Morgan fingerprint density at radius 3 is 2.82 bits per heavy atom. The van der Waals surface area contributed by atoms with Gasteiger partial charge in [-0.2, -0.15) is 0 Å². The fourth-order valence-electron chi connectivity index (χ4n) is 1.14. The van der Waals surface area contributed by atoms with Crippen LogP contribution in [0.1, 0.15) is 27.2 Å². The predicted molar refractivity (Wildman–Crippen MR) is 45.2 cm³/mol. The van der Waals surface area contributed by atoms with E-state index in [0.29, 0.717) is 0 Å². The Morgan fingerprint density at radius 1 is 1.55 bits per heavy atom. The summed E-state index contributed by atoms with van der Waals surface area (Å²) in [6.45, 7) is 7.14. The largest absolute Gasteiger partial charge is 0.353 e. The van der Waals surface area contributed by atoms with Crippen LogP contribution in [-0.4, -0.2) is 12.5 Å². The summed E-state index contributed by atoms with van der Waals surface area (Å²) < 4.78 is 0. The van der Waals surface area contributed by atoms with E-state index in [2.05, 4.69) is 19.2 Å². The quantitative estimate of drug-likeness (QED) is 0.561. The minimum atomic E-state index is 0.0491. The number of hydrogen-bond acceptors (Lipinski definition) is 1. The molecule has 0 saturated heterocycles. The zero-order chi connectivity index (χ0) is 8.48. The van der Waals surface area contributed by atoms with Gasteiger partial charge in [0.1, 0.15) is 0 Å². The molecule has 1 heterocycles. The summed E-state index contributed by atoms with van der Waals surface area (Å²) in [7, 11) is 0. The molecule has 0 unspecified atom stereocenters. The highest BCUT2D eigenvalue weighted by Crippen LogP contribution is 2.30. The molecule has 11 heavy (non-hydrogen) atoms. The van der Waals surface area contributed by atoms with Crippen molar-refractivity contribution in [2.75, 3.05) is 6.54 Å². The average molecular weight is 153 g/mol. The van der Waals surface area contributed by atoms with Crippen molar-refractivity contribution in [3.63, 3.8) is 0 Å². The maximum Gasteiger partial charge on any atom is 0.243 e. The van der Waals surface area contributed by atoms with Crippen LogP contribution in [0.4, 0.5) is 0 Å². The highest BCUT2D eigenvalue weighted by molar-refractivity contribution is 5.88. The van der Waals surface area contributed by atoms with Crippen molar-refractivity contribution in [3.8, 4) is 0 Å². The van der Waals surface area contributed by atoms with E-state index in [1.807, 2.05) is 6.92 Å². The van der Waals surface area contributed by atoms with Crippen LogP contribution >= 0.6 is 0 Å². The fraction of sp³-hybridized carbons (Fsp3) is 0.667. The molecule has 0 spiro atoms. The fourth-order valence-corrected chi connectivity index (χ4v) is 1.14. The van der Waals surface area contributed by atoms with E-state index < -0.39 is 0 Å². The summed E-state index contributed by atoms with van der Waals surface area (Å²) in [5.74, 6) is 0.0491. The summed E-state index contributed by atoms with van der Waals surface area (Å²) in [6, 6.07) is 0. The Balaban J connectivity index is 2.87. The van der Waals surface area contributed by atoms with Crippen LogP contribution in [0.2, 0.25) is 0 Å². The lowest BCUT2D eigenvalue weighted by atomic mass is 9.82. The zero-order valence-corrected chi connectivity index (χ0v) is 7.40. The molecule has 0 atom stereocenters. The van der Waals surface area contributed by atoms with E-state index in [1.165, 1.54) is 5.57 Å². The van der Waals surface area contributed by atoms with Gasteiger partial charge in [-0.3, -0.25) is 4.79 Å². The van der Waals surface area contributed by atoms with Crippen LogP contribution in [0.25, 0.3) is 0 Å². The summed E-state index contributed by atoms with van der Waals surface area (Å²) in [5, 5.41) is 2.82. The van der Waals surface area contributed by atoms with E-state index in [4.69, 9.17) is 0 Å². The molecule has 0 saturated carbocycles. The van der Waals surface area contributed by atoms with Crippen LogP contribution in [0.5, 0.6) is 0 Å². The van der Waals surface area contributed by atoms with E-state index >= 15 is 0 Å². The first kappa shape index (κ1) is 8.31. The van der Waals surface area contributed by atoms with E-state index in [0.717, 1.165) is 13.0 Å². The number of amides is 1.